The van der Waals surface area contributed by atoms with E-state index in [1.807, 2.05) is 0 Å². The molecular formula is C13H13F3N2O3. The van der Waals surface area contributed by atoms with E-state index in [9.17, 15) is 22.8 Å². The number of cyclic esters (lactones) is 1. The first-order chi connectivity index (χ1) is 9.90. The van der Waals surface area contributed by atoms with Crippen molar-refractivity contribution in [3.63, 3.8) is 0 Å². The Balaban J connectivity index is 1.99. The van der Waals surface area contributed by atoms with Crippen molar-refractivity contribution in [3.05, 3.63) is 29.6 Å². The van der Waals surface area contributed by atoms with Crippen molar-refractivity contribution in [3.8, 4) is 0 Å². The predicted octanol–water partition coefficient (Wildman–Crippen LogP) is 1.29. The van der Waals surface area contributed by atoms with Crippen molar-refractivity contribution in [1.82, 2.24) is 4.90 Å². The number of ether oxygens (including phenoxy) is 1. The number of benzene rings is 1. The first-order valence-corrected chi connectivity index (χ1v) is 6.20. The number of nitrogens with one attached hydrogen (secondary N) is 1. The Morgan fingerprint density at radius 3 is 2.71 bits per heavy atom. The molecule has 0 bridgehead atoms. The van der Waals surface area contributed by atoms with Crippen LogP contribution in [0.2, 0.25) is 0 Å². The van der Waals surface area contributed by atoms with Crippen LogP contribution in [-0.4, -0.2) is 43.0 Å². The molecule has 0 aromatic heterocycles. The molecule has 1 aromatic carbocycles. The molecule has 1 saturated heterocycles. The Labute approximate surface area is 118 Å². The fraction of sp³-hybridized carbons (Fsp3) is 0.385. The molecular weight excluding hydrogens is 289 g/mol. The van der Waals surface area contributed by atoms with E-state index in [-0.39, 0.29) is 13.2 Å². The number of amides is 1. The van der Waals surface area contributed by atoms with Crippen LogP contribution >= 0.6 is 0 Å². The molecule has 1 fully saturated rings. The van der Waals surface area contributed by atoms with Gasteiger partial charge in [-0.1, -0.05) is 0 Å². The average Bonchev–Trinajstić information content (AvgIpc) is 2.86. The smallest absolute Gasteiger partial charge is 0.323 e. The Morgan fingerprint density at radius 2 is 2.10 bits per heavy atom. The summed E-state index contributed by atoms with van der Waals surface area (Å²) < 4.78 is 44.0. The third-order valence-corrected chi connectivity index (χ3v) is 3.14. The molecule has 1 N–H and O–H groups in total. The van der Waals surface area contributed by atoms with Crippen molar-refractivity contribution in [2.75, 3.05) is 25.5 Å². The van der Waals surface area contributed by atoms with E-state index in [1.165, 1.54) is 4.90 Å². The molecule has 1 atom stereocenters. The lowest BCUT2D eigenvalue weighted by atomic mass is 10.2. The van der Waals surface area contributed by atoms with Gasteiger partial charge in [-0.2, -0.15) is 0 Å². The standard InChI is InChI=1S/C13H13F3N2O3/c1-18(9-4-5-21-13(9)20)6-10(19)17-8-3-2-7(14)11(15)12(8)16/h2-3,9H,4-6H2,1H3,(H,17,19)/t9-/m0/s1. The zero-order valence-corrected chi connectivity index (χ0v) is 11.2. The van der Waals surface area contributed by atoms with E-state index in [0.29, 0.717) is 12.5 Å². The second-order valence-corrected chi connectivity index (χ2v) is 4.66. The minimum absolute atomic E-state index is 0.210. The lowest BCUT2D eigenvalue weighted by Gasteiger charge is -2.20. The number of carbonyl (C=O) groups excluding carboxylic acids is 2. The largest absolute Gasteiger partial charge is 0.464 e. The van der Waals surface area contributed by atoms with Gasteiger partial charge in [-0.15, -0.1) is 0 Å². The van der Waals surface area contributed by atoms with Crippen LogP contribution in [0.15, 0.2) is 12.1 Å². The number of likely N-dealkylation sites (N-methyl/N-ethyl adjacent to an activating group) is 1. The quantitative estimate of drug-likeness (QED) is 0.672. The second-order valence-electron chi connectivity index (χ2n) is 4.66. The van der Waals surface area contributed by atoms with Gasteiger partial charge in [-0.05, 0) is 19.2 Å². The van der Waals surface area contributed by atoms with E-state index in [0.717, 1.165) is 6.07 Å². The van der Waals surface area contributed by atoms with Crippen molar-refractivity contribution in [2.45, 2.75) is 12.5 Å². The first-order valence-electron chi connectivity index (χ1n) is 6.20. The van der Waals surface area contributed by atoms with Gasteiger partial charge in [0.15, 0.2) is 17.5 Å². The highest BCUT2D eigenvalue weighted by molar-refractivity contribution is 5.92. The molecule has 0 saturated carbocycles. The number of anilines is 1. The fourth-order valence-corrected chi connectivity index (χ4v) is 2.03. The van der Waals surface area contributed by atoms with Crippen LogP contribution in [0.1, 0.15) is 6.42 Å². The van der Waals surface area contributed by atoms with E-state index >= 15 is 0 Å². The minimum Gasteiger partial charge on any atom is -0.464 e. The summed E-state index contributed by atoms with van der Waals surface area (Å²) in [4.78, 5) is 24.5. The number of hydrogen-bond acceptors (Lipinski definition) is 4. The summed E-state index contributed by atoms with van der Waals surface area (Å²) in [5, 5.41) is 2.13. The van der Waals surface area contributed by atoms with Gasteiger partial charge in [0.05, 0.1) is 18.8 Å². The highest BCUT2D eigenvalue weighted by Crippen LogP contribution is 2.19. The van der Waals surface area contributed by atoms with Crippen LogP contribution in [0, 0.1) is 17.5 Å². The maximum Gasteiger partial charge on any atom is 0.323 e. The van der Waals surface area contributed by atoms with Crippen molar-refractivity contribution < 1.29 is 27.5 Å². The third-order valence-electron chi connectivity index (χ3n) is 3.14. The summed E-state index contributed by atoms with van der Waals surface area (Å²) in [6, 6.07) is 1.10. The minimum atomic E-state index is -1.65. The molecule has 2 rings (SSSR count). The fourth-order valence-electron chi connectivity index (χ4n) is 2.03. The van der Waals surface area contributed by atoms with Crippen LogP contribution in [0.5, 0.6) is 0 Å². The summed E-state index contributed by atoms with van der Waals surface area (Å²) in [6.07, 6.45) is 0.460. The number of hydrogen-bond donors (Lipinski definition) is 1. The molecule has 0 unspecified atom stereocenters. The van der Waals surface area contributed by atoms with Crippen LogP contribution in [0.25, 0.3) is 0 Å². The van der Waals surface area contributed by atoms with E-state index < -0.39 is 41.1 Å². The molecule has 0 radical (unpaired) electrons. The first kappa shape index (κ1) is 15.3. The number of nitrogens with zero attached hydrogens (tertiary/aromatic N) is 1. The van der Waals surface area contributed by atoms with Gasteiger partial charge in [0, 0.05) is 6.42 Å². The lowest BCUT2D eigenvalue weighted by molar-refractivity contribution is -0.142. The molecule has 1 amide bonds. The Hall–Kier alpha value is -2.09. The van der Waals surface area contributed by atoms with E-state index in [4.69, 9.17) is 4.74 Å². The predicted molar refractivity (Wildman–Crippen MR) is 66.9 cm³/mol. The number of rotatable bonds is 4. The SMILES string of the molecule is CN(CC(=O)Nc1ccc(F)c(F)c1F)[C@H]1CCOC1=O. The lowest BCUT2D eigenvalue weighted by Crippen LogP contribution is -2.40. The maximum atomic E-state index is 13.4. The molecule has 1 aliphatic heterocycles. The Kier molecular flexibility index (Phi) is 4.46. The molecule has 1 heterocycles. The van der Waals surface area contributed by atoms with Gasteiger partial charge in [0.1, 0.15) is 6.04 Å². The molecule has 5 nitrogen and oxygen atoms in total. The zero-order valence-electron chi connectivity index (χ0n) is 11.2. The van der Waals surface area contributed by atoms with Crippen molar-refractivity contribution >= 4 is 17.6 Å². The Bertz CT molecular complexity index is 580. The highest BCUT2D eigenvalue weighted by atomic mass is 19.2. The van der Waals surface area contributed by atoms with Gasteiger partial charge in [0.2, 0.25) is 5.91 Å². The molecule has 21 heavy (non-hydrogen) atoms. The molecule has 0 aliphatic carbocycles. The number of esters is 1. The van der Waals surface area contributed by atoms with E-state index in [1.54, 1.807) is 7.05 Å². The average molecular weight is 302 g/mol. The second kappa shape index (κ2) is 6.13. The molecule has 1 aromatic rings. The molecule has 114 valence electrons. The van der Waals surface area contributed by atoms with Gasteiger partial charge >= 0.3 is 5.97 Å². The number of carbonyl (C=O) groups is 2. The number of halogens is 3. The molecule has 8 heteroatoms. The molecule has 1 aliphatic rings. The summed E-state index contributed by atoms with van der Waals surface area (Å²) >= 11 is 0. The summed E-state index contributed by atoms with van der Waals surface area (Å²) in [6.45, 7) is 0.0749. The Morgan fingerprint density at radius 1 is 1.38 bits per heavy atom. The van der Waals surface area contributed by atoms with Crippen molar-refractivity contribution in [2.24, 2.45) is 0 Å². The van der Waals surface area contributed by atoms with Crippen LogP contribution in [0.3, 0.4) is 0 Å². The topological polar surface area (TPSA) is 58.6 Å². The maximum absolute atomic E-state index is 13.4. The van der Waals surface area contributed by atoms with Gasteiger partial charge in [-0.3, -0.25) is 14.5 Å². The van der Waals surface area contributed by atoms with Crippen LogP contribution in [0.4, 0.5) is 18.9 Å². The summed E-state index contributed by atoms with van der Waals surface area (Å²) in [5.74, 6) is -5.53. The van der Waals surface area contributed by atoms with E-state index in [2.05, 4.69) is 5.32 Å². The van der Waals surface area contributed by atoms with Crippen LogP contribution < -0.4 is 5.32 Å². The summed E-state index contributed by atoms with van der Waals surface area (Å²) in [7, 11) is 1.54. The zero-order chi connectivity index (χ0) is 15.6. The van der Waals surface area contributed by atoms with Gasteiger partial charge < -0.3 is 10.1 Å². The van der Waals surface area contributed by atoms with Gasteiger partial charge in [-0.25, -0.2) is 13.2 Å². The normalized spacial score (nSPS) is 18.0. The van der Waals surface area contributed by atoms with Crippen LogP contribution in [-0.2, 0) is 14.3 Å². The monoisotopic (exact) mass is 302 g/mol. The van der Waals surface area contributed by atoms with Crippen molar-refractivity contribution in [1.29, 1.82) is 0 Å². The highest BCUT2D eigenvalue weighted by Gasteiger charge is 2.31. The molecule has 0 spiro atoms. The summed E-state index contributed by atoms with van der Waals surface area (Å²) in [5.41, 5.74) is -0.457. The van der Waals surface area contributed by atoms with Gasteiger partial charge in [0.25, 0.3) is 0 Å². The third kappa shape index (κ3) is 3.33.